The molecule has 0 spiro atoms. The molecule has 8 heteroatoms. The van der Waals surface area contributed by atoms with Crippen LogP contribution >= 0.6 is 23.2 Å². The fourth-order valence-electron chi connectivity index (χ4n) is 2.42. The molecule has 0 aliphatic rings. The van der Waals surface area contributed by atoms with Crippen LogP contribution in [0.15, 0.2) is 33.5 Å². The maximum Gasteiger partial charge on any atom is 0.250 e. The largest absolute Gasteiger partial charge is 0.493 e. The number of benzene rings is 1. The Morgan fingerprint density at radius 2 is 1.88 bits per heavy atom. The van der Waals surface area contributed by atoms with E-state index in [1.807, 2.05) is 13.0 Å². The van der Waals surface area contributed by atoms with E-state index in [1.165, 1.54) is 6.39 Å². The predicted octanol–water partition coefficient (Wildman–Crippen LogP) is 5.13. The first kappa shape index (κ1) is 17.8. The highest BCUT2D eigenvalue weighted by molar-refractivity contribution is 6.39. The van der Waals surface area contributed by atoms with Crippen LogP contribution < -0.4 is 4.74 Å². The van der Waals surface area contributed by atoms with E-state index in [1.54, 1.807) is 12.1 Å². The predicted molar refractivity (Wildman–Crippen MR) is 94.0 cm³/mol. The maximum absolute atomic E-state index is 6.25. The van der Waals surface area contributed by atoms with Crippen LogP contribution in [0, 0.1) is 6.92 Å². The highest BCUT2D eigenvalue weighted by atomic mass is 35.5. The lowest BCUT2D eigenvalue weighted by atomic mass is 10.1. The second kappa shape index (κ2) is 8.36. The van der Waals surface area contributed by atoms with Gasteiger partial charge in [-0.2, -0.15) is 0 Å². The topological polar surface area (TPSA) is 74.2 Å². The smallest absolute Gasteiger partial charge is 0.250 e. The maximum atomic E-state index is 6.25. The Morgan fingerprint density at radius 1 is 1.08 bits per heavy atom. The summed E-state index contributed by atoms with van der Waals surface area (Å²) in [6.07, 6.45) is 5.09. The van der Waals surface area contributed by atoms with E-state index in [9.17, 15) is 0 Å². The fraction of sp³-hybridized carbons (Fsp3) is 0.353. The molecule has 0 N–H and O–H groups in total. The second-order valence-electron chi connectivity index (χ2n) is 5.60. The van der Waals surface area contributed by atoms with Crippen molar-refractivity contribution < 1.29 is 13.7 Å². The Kier molecular flexibility index (Phi) is 5.94. The minimum Gasteiger partial charge on any atom is -0.493 e. The van der Waals surface area contributed by atoms with Gasteiger partial charge < -0.3 is 13.7 Å². The quantitative estimate of drug-likeness (QED) is 0.503. The number of aromatic nitrogens is 3. The standard InChI is InChI=1S/C17H17Cl2N3O3/c1-11-7-12(25-22-11)5-3-2-4-6-23-13-8-14(18)16(15(19)9-13)17-21-20-10-24-17/h7-10H,2-6H2,1H3. The van der Waals surface area contributed by atoms with Crippen molar-refractivity contribution in [2.45, 2.75) is 32.6 Å². The molecule has 0 aliphatic carbocycles. The van der Waals surface area contributed by atoms with Gasteiger partial charge in [-0.05, 0) is 38.3 Å². The molecule has 2 heterocycles. The highest BCUT2D eigenvalue weighted by Crippen LogP contribution is 2.37. The van der Waals surface area contributed by atoms with Crippen molar-refractivity contribution in [2.75, 3.05) is 6.61 Å². The van der Waals surface area contributed by atoms with Gasteiger partial charge in [0.25, 0.3) is 0 Å². The highest BCUT2D eigenvalue weighted by Gasteiger charge is 2.15. The molecular formula is C17H17Cl2N3O3. The molecule has 0 saturated heterocycles. The summed E-state index contributed by atoms with van der Waals surface area (Å²) < 4.78 is 16.0. The molecule has 132 valence electrons. The Morgan fingerprint density at radius 3 is 2.52 bits per heavy atom. The summed E-state index contributed by atoms with van der Waals surface area (Å²) in [5, 5.41) is 12.1. The van der Waals surface area contributed by atoms with Crippen molar-refractivity contribution in [3.63, 3.8) is 0 Å². The average molecular weight is 382 g/mol. The Hall–Kier alpha value is -2.05. The van der Waals surface area contributed by atoms with Crippen LogP contribution in [-0.2, 0) is 6.42 Å². The molecule has 25 heavy (non-hydrogen) atoms. The Labute approximate surface area is 155 Å². The van der Waals surface area contributed by atoms with Crippen molar-refractivity contribution in [1.82, 2.24) is 15.4 Å². The number of nitrogens with zero attached hydrogens (tertiary/aromatic N) is 3. The van der Waals surface area contributed by atoms with E-state index in [0.29, 0.717) is 28.0 Å². The van der Waals surface area contributed by atoms with Crippen molar-refractivity contribution in [3.05, 3.63) is 46.1 Å². The number of halogens is 2. The van der Waals surface area contributed by atoms with Gasteiger partial charge in [0.05, 0.1) is 27.9 Å². The van der Waals surface area contributed by atoms with Gasteiger partial charge in [0.2, 0.25) is 12.3 Å². The zero-order chi connectivity index (χ0) is 17.6. The molecule has 0 unspecified atom stereocenters. The summed E-state index contributed by atoms with van der Waals surface area (Å²) in [6.45, 7) is 2.50. The molecule has 0 saturated carbocycles. The van der Waals surface area contributed by atoms with Crippen LogP contribution in [0.1, 0.15) is 30.7 Å². The summed E-state index contributed by atoms with van der Waals surface area (Å²) in [6, 6.07) is 5.36. The summed E-state index contributed by atoms with van der Waals surface area (Å²) in [7, 11) is 0. The Balaban J connectivity index is 1.45. The van der Waals surface area contributed by atoms with E-state index in [0.717, 1.165) is 37.1 Å². The zero-order valence-corrected chi connectivity index (χ0v) is 15.2. The van der Waals surface area contributed by atoms with Gasteiger partial charge in [-0.1, -0.05) is 28.4 Å². The van der Waals surface area contributed by atoms with E-state index in [2.05, 4.69) is 15.4 Å². The van der Waals surface area contributed by atoms with Crippen molar-refractivity contribution >= 4 is 23.2 Å². The van der Waals surface area contributed by atoms with Crippen LogP contribution in [0.3, 0.4) is 0 Å². The second-order valence-corrected chi connectivity index (χ2v) is 6.41. The number of rotatable bonds is 8. The average Bonchev–Trinajstić information content (AvgIpc) is 3.22. The van der Waals surface area contributed by atoms with Gasteiger partial charge in [0.15, 0.2) is 0 Å². The number of ether oxygens (including phenoxy) is 1. The van der Waals surface area contributed by atoms with E-state index in [4.69, 9.17) is 36.9 Å². The lowest BCUT2D eigenvalue weighted by Crippen LogP contribution is -1.98. The molecule has 3 rings (SSSR count). The summed E-state index contributed by atoms with van der Waals surface area (Å²) in [5.74, 6) is 1.82. The molecule has 2 aromatic heterocycles. The number of aryl methyl sites for hydroxylation is 2. The molecule has 6 nitrogen and oxygen atoms in total. The Bertz CT molecular complexity index is 795. The summed E-state index contributed by atoms with van der Waals surface area (Å²) in [4.78, 5) is 0. The molecule has 0 bridgehead atoms. The minimum absolute atomic E-state index is 0.282. The molecule has 0 amide bonds. The monoisotopic (exact) mass is 381 g/mol. The third kappa shape index (κ3) is 4.74. The van der Waals surface area contributed by atoms with Crippen LogP contribution in [0.25, 0.3) is 11.5 Å². The lowest BCUT2D eigenvalue weighted by molar-refractivity contribution is 0.303. The summed E-state index contributed by atoms with van der Waals surface area (Å²) >= 11 is 12.5. The number of hydrogen-bond donors (Lipinski definition) is 0. The minimum atomic E-state index is 0.282. The number of unbranched alkanes of at least 4 members (excludes halogenated alkanes) is 2. The van der Waals surface area contributed by atoms with Crippen molar-refractivity contribution in [1.29, 1.82) is 0 Å². The molecule has 3 aromatic rings. The first-order chi connectivity index (χ1) is 12.1. The number of hydrogen-bond acceptors (Lipinski definition) is 6. The molecule has 0 fully saturated rings. The van der Waals surface area contributed by atoms with Crippen LogP contribution in [-0.4, -0.2) is 22.0 Å². The zero-order valence-electron chi connectivity index (χ0n) is 13.7. The normalized spacial score (nSPS) is 11.0. The summed E-state index contributed by atoms with van der Waals surface area (Å²) in [5.41, 5.74) is 1.42. The van der Waals surface area contributed by atoms with E-state index < -0.39 is 0 Å². The van der Waals surface area contributed by atoms with Gasteiger partial charge in [-0.25, -0.2) is 0 Å². The molecule has 0 aliphatic heterocycles. The van der Waals surface area contributed by atoms with Crippen LogP contribution in [0.4, 0.5) is 0 Å². The van der Waals surface area contributed by atoms with E-state index in [-0.39, 0.29) is 5.89 Å². The molecule has 0 radical (unpaired) electrons. The van der Waals surface area contributed by atoms with Crippen LogP contribution in [0.2, 0.25) is 10.0 Å². The SMILES string of the molecule is Cc1cc(CCCCCOc2cc(Cl)c(-c3nnco3)c(Cl)c2)on1. The van der Waals surface area contributed by atoms with E-state index >= 15 is 0 Å². The van der Waals surface area contributed by atoms with Gasteiger partial charge in [0, 0.05) is 12.5 Å². The van der Waals surface area contributed by atoms with Gasteiger partial charge in [-0.15, -0.1) is 10.2 Å². The third-order valence-corrected chi connectivity index (χ3v) is 4.20. The first-order valence-corrected chi connectivity index (χ1v) is 8.69. The van der Waals surface area contributed by atoms with Gasteiger partial charge >= 0.3 is 0 Å². The van der Waals surface area contributed by atoms with Crippen LogP contribution in [0.5, 0.6) is 5.75 Å². The van der Waals surface area contributed by atoms with Gasteiger partial charge in [0.1, 0.15) is 11.5 Å². The van der Waals surface area contributed by atoms with Crippen molar-refractivity contribution in [3.8, 4) is 17.2 Å². The molecular weight excluding hydrogens is 365 g/mol. The van der Waals surface area contributed by atoms with Crippen molar-refractivity contribution in [2.24, 2.45) is 0 Å². The van der Waals surface area contributed by atoms with Gasteiger partial charge in [-0.3, -0.25) is 0 Å². The fourth-order valence-corrected chi connectivity index (χ4v) is 3.05. The molecule has 1 aromatic carbocycles. The first-order valence-electron chi connectivity index (χ1n) is 7.94. The molecule has 0 atom stereocenters. The third-order valence-electron chi connectivity index (χ3n) is 3.60. The lowest BCUT2D eigenvalue weighted by Gasteiger charge is -2.09.